The molecule has 1 aliphatic heterocycles. The Kier molecular flexibility index (Phi) is 5.89. The van der Waals surface area contributed by atoms with Crippen molar-refractivity contribution in [3.05, 3.63) is 87.2 Å². The maximum absolute atomic E-state index is 15.4. The summed E-state index contributed by atoms with van der Waals surface area (Å²) in [6.45, 7) is 1.11. The summed E-state index contributed by atoms with van der Waals surface area (Å²) in [6.07, 6.45) is 1.25. The molecular formula is C24H25F2N3O5S. The number of H-pyrrole nitrogens is 1. The molecule has 2 aromatic carbocycles. The molecule has 0 amide bonds. The van der Waals surface area contributed by atoms with Crippen molar-refractivity contribution in [3.63, 3.8) is 0 Å². The minimum atomic E-state index is -3.83. The highest BCUT2D eigenvalue weighted by atomic mass is 32.2. The molecule has 3 aromatic rings. The fourth-order valence-electron chi connectivity index (χ4n) is 5.25. The minimum absolute atomic E-state index is 0.0928. The van der Waals surface area contributed by atoms with Gasteiger partial charge in [0.15, 0.2) is 0 Å². The normalized spacial score (nSPS) is 28.2. The molecule has 2 aliphatic rings. The highest BCUT2D eigenvalue weighted by Crippen LogP contribution is 2.58. The first-order valence-corrected chi connectivity index (χ1v) is 12.9. The molecule has 0 unspecified atom stereocenters. The molecule has 1 aromatic heterocycles. The number of aromatic amines is 1. The fourth-order valence-corrected chi connectivity index (χ4v) is 7.44. The predicted molar refractivity (Wildman–Crippen MR) is 122 cm³/mol. The Balaban J connectivity index is 1.49. The van der Waals surface area contributed by atoms with E-state index in [9.17, 15) is 18.3 Å². The van der Waals surface area contributed by atoms with Crippen molar-refractivity contribution in [1.29, 1.82) is 0 Å². The summed E-state index contributed by atoms with van der Waals surface area (Å²) in [5.74, 6) is -3.03. The molecule has 0 spiro atoms. The van der Waals surface area contributed by atoms with E-state index in [1.165, 1.54) is 4.31 Å². The maximum Gasteiger partial charge on any atom is 0.434 e. The van der Waals surface area contributed by atoms with Gasteiger partial charge in [-0.1, -0.05) is 30.3 Å². The molecule has 0 bridgehead atoms. The number of benzene rings is 2. The summed E-state index contributed by atoms with van der Waals surface area (Å²) in [6, 6.07) is 10.5. The van der Waals surface area contributed by atoms with Crippen LogP contribution in [0.2, 0.25) is 0 Å². The van der Waals surface area contributed by atoms with E-state index in [1.54, 1.807) is 37.3 Å². The van der Waals surface area contributed by atoms with Crippen LogP contribution in [0.1, 0.15) is 54.0 Å². The van der Waals surface area contributed by atoms with Gasteiger partial charge in [0.05, 0.1) is 5.41 Å². The molecule has 8 nitrogen and oxygen atoms in total. The van der Waals surface area contributed by atoms with Crippen molar-refractivity contribution in [2.75, 3.05) is 6.61 Å². The van der Waals surface area contributed by atoms with Crippen LogP contribution in [0, 0.1) is 17.6 Å². The van der Waals surface area contributed by atoms with Crippen LogP contribution >= 0.6 is 0 Å². The van der Waals surface area contributed by atoms with Crippen LogP contribution in [0.4, 0.5) is 8.78 Å². The van der Waals surface area contributed by atoms with Crippen molar-refractivity contribution in [2.24, 2.45) is 5.92 Å². The molecule has 35 heavy (non-hydrogen) atoms. The van der Waals surface area contributed by atoms with Gasteiger partial charge in [0.1, 0.15) is 16.9 Å². The van der Waals surface area contributed by atoms with E-state index >= 15 is 8.78 Å². The van der Waals surface area contributed by atoms with Gasteiger partial charge in [0.2, 0.25) is 15.9 Å². The van der Waals surface area contributed by atoms with E-state index < -0.39 is 44.0 Å². The molecule has 186 valence electrons. The van der Waals surface area contributed by atoms with E-state index in [4.69, 9.17) is 4.42 Å². The summed E-state index contributed by atoms with van der Waals surface area (Å²) in [5.41, 5.74) is -0.794. The number of halogens is 2. The highest BCUT2D eigenvalue weighted by Gasteiger charge is 2.61. The Hall–Kier alpha value is -2.89. The Morgan fingerprint density at radius 1 is 1.20 bits per heavy atom. The van der Waals surface area contributed by atoms with Crippen molar-refractivity contribution < 1.29 is 26.7 Å². The summed E-state index contributed by atoms with van der Waals surface area (Å²) in [4.78, 5) is 11.5. The van der Waals surface area contributed by atoms with Gasteiger partial charge in [0.25, 0.3) is 0 Å². The average molecular weight is 506 g/mol. The van der Waals surface area contributed by atoms with Gasteiger partial charge in [-0.2, -0.15) is 4.31 Å². The number of rotatable bonds is 6. The average Bonchev–Trinajstić information content (AvgIpc) is 3.41. The number of hydrogen-bond donors (Lipinski definition) is 2. The van der Waals surface area contributed by atoms with E-state index in [0.717, 1.165) is 12.1 Å². The number of nitrogens with zero attached hydrogens (tertiary/aromatic N) is 2. The quantitative estimate of drug-likeness (QED) is 0.532. The highest BCUT2D eigenvalue weighted by molar-refractivity contribution is 7.89. The third-order valence-corrected chi connectivity index (χ3v) is 9.65. The van der Waals surface area contributed by atoms with Gasteiger partial charge < -0.3 is 9.52 Å². The van der Waals surface area contributed by atoms with Gasteiger partial charge in [-0.05, 0) is 43.9 Å². The van der Waals surface area contributed by atoms with E-state index in [1.807, 2.05) is 0 Å². The molecule has 1 aliphatic carbocycles. The summed E-state index contributed by atoms with van der Waals surface area (Å²) in [7, 11) is -3.83. The zero-order valence-electron chi connectivity index (χ0n) is 18.9. The first-order chi connectivity index (χ1) is 16.7. The molecule has 2 N–H and O–H groups in total. The molecule has 0 radical (unpaired) electrons. The molecule has 2 heterocycles. The molecule has 5 rings (SSSR count). The lowest BCUT2D eigenvalue weighted by Crippen LogP contribution is -2.44. The standard InChI is InChI=1S/C24H25F2N3O5S/c1-14-7-8-21(15-5-3-2-4-6-15)35(32,33)29(14)12-16-9-20(26)18(10-19(16)25)24(11-17(24)13-30)22-27-28-23(31)34-22/h2-6,9-10,14,17,21,30H,7-8,11-13H2,1H3,(H,28,31)/t14-,17+,21+,24-/m0/s1. The number of aromatic nitrogens is 2. The van der Waals surface area contributed by atoms with E-state index in [2.05, 4.69) is 10.2 Å². The van der Waals surface area contributed by atoms with Crippen LogP contribution in [0.3, 0.4) is 0 Å². The Labute approximate surface area is 200 Å². The Morgan fingerprint density at radius 3 is 2.57 bits per heavy atom. The first-order valence-electron chi connectivity index (χ1n) is 11.4. The number of hydrogen-bond acceptors (Lipinski definition) is 6. The van der Waals surface area contributed by atoms with Crippen LogP contribution in [-0.4, -0.2) is 40.7 Å². The van der Waals surface area contributed by atoms with Crippen molar-refractivity contribution in [2.45, 2.75) is 49.4 Å². The Morgan fingerprint density at radius 2 is 1.94 bits per heavy atom. The first kappa shape index (κ1) is 23.8. The lowest BCUT2D eigenvalue weighted by molar-refractivity contribution is 0.260. The molecule has 1 saturated heterocycles. The number of aliphatic hydroxyl groups excluding tert-OH is 1. The van der Waals surface area contributed by atoms with Gasteiger partial charge in [-0.25, -0.2) is 27.1 Å². The third kappa shape index (κ3) is 3.91. The summed E-state index contributed by atoms with van der Waals surface area (Å²) < 4.78 is 63.9. The molecule has 1 saturated carbocycles. The lowest BCUT2D eigenvalue weighted by Gasteiger charge is -2.37. The lowest BCUT2D eigenvalue weighted by atomic mass is 9.91. The molecule has 2 fully saturated rings. The zero-order chi connectivity index (χ0) is 25.0. The van der Waals surface area contributed by atoms with Crippen molar-refractivity contribution in [1.82, 2.24) is 14.5 Å². The molecule has 11 heteroatoms. The number of sulfonamides is 1. The third-order valence-electron chi connectivity index (χ3n) is 7.28. The smallest absolute Gasteiger partial charge is 0.396 e. The summed E-state index contributed by atoms with van der Waals surface area (Å²) in [5, 5.41) is 14.8. The Bertz CT molecular complexity index is 1410. The van der Waals surface area contributed by atoms with Crippen LogP contribution < -0.4 is 5.76 Å². The number of nitrogens with one attached hydrogen (secondary N) is 1. The van der Waals surface area contributed by atoms with Crippen LogP contribution in [0.15, 0.2) is 51.7 Å². The van der Waals surface area contributed by atoms with Crippen LogP contribution in [0.5, 0.6) is 0 Å². The second-order valence-corrected chi connectivity index (χ2v) is 11.4. The van der Waals surface area contributed by atoms with Gasteiger partial charge in [0, 0.05) is 36.2 Å². The van der Waals surface area contributed by atoms with E-state index in [0.29, 0.717) is 18.4 Å². The minimum Gasteiger partial charge on any atom is -0.396 e. The summed E-state index contributed by atoms with van der Waals surface area (Å²) >= 11 is 0. The monoisotopic (exact) mass is 505 g/mol. The maximum atomic E-state index is 15.4. The van der Waals surface area contributed by atoms with Gasteiger partial charge in [-0.15, -0.1) is 5.10 Å². The zero-order valence-corrected chi connectivity index (χ0v) is 19.8. The van der Waals surface area contributed by atoms with Gasteiger partial charge >= 0.3 is 5.76 Å². The topological polar surface area (TPSA) is 116 Å². The fraction of sp³-hybridized carbons (Fsp3) is 0.417. The van der Waals surface area contributed by atoms with Crippen molar-refractivity contribution in [3.8, 4) is 0 Å². The second kappa shape index (κ2) is 8.65. The SMILES string of the molecule is C[C@H]1CC[C@H](c2ccccc2)S(=O)(=O)N1Cc1cc(F)c([C@]2(c3n[nH]c(=O)o3)C[C@@H]2CO)cc1F. The van der Waals surface area contributed by atoms with Crippen LogP contribution in [-0.2, 0) is 22.0 Å². The second-order valence-electron chi connectivity index (χ2n) is 9.31. The number of aliphatic hydroxyl groups is 1. The largest absolute Gasteiger partial charge is 0.434 e. The molecular weight excluding hydrogens is 480 g/mol. The van der Waals surface area contributed by atoms with Gasteiger partial charge in [-0.3, -0.25) is 0 Å². The predicted octanol–water partition coefficient (Wildman–Crippen LogP) is 2.99. The van der Waals surface area contributed by atoms with Crippen LogP contribution in [0.25, 0.3) is 0 Å². The molecule has 4 atom stereocenters. The van der Waals surface area contributed by atoms with E-state index in [-0.39, 0.29) is 42.6 Å². The van der Waals surface area contributed by atoms with Crippen molar-refractivity contribution >= 4 is 10.0 Å².